The summed E-state index contributed by atoms with van der Waals surface area (Å²) in [5.41, 5.74) is 0. The lowest BCUT2D eigenvalue weighted by atomic mass is 9.98. The zero-order chi connectivity index (χ0) is 12.3. The average molecular weight is 302 g/mol. The highest BCUT2D eigenvalue weighted by molar-refractivity contribution is 9.10. The van der Waals surface area contributed by atoms with Crippen molar-refractivity contribution in [2.45, 2.75) is 12.8 Å². The van der Waals surface area contributed by atoms with E-state index in [-0.39, 0.29) is 6.61 Å². The molecule has 2 heterocycles. The Kier molecular flexibility index (Phi) is 4.17. The number of nitrogens with zero attached hydrogens (tertiary/aromatic N) is 3. The van der Waals surface area contributed by atoms with E-state index in [1.165, 1.54) is 0 Å². The monoisotopic (exact) mass is 301 g/mol. The number of aliphatic hydroxyl groups excluding tert-OH is 1. The van der Waals surface area contributed by atoms with E-state index in [9.17, 15) is 0 Å². The van der Waals surface area contributed by atoms with Crippen molar-refractivity contribution in [3.63, 3.8) is 0 Å². The fourth-order valence-electron chi connectivity index (χ4n) is 1.95. The summed E-state index contributed by atoms with van der Waals surface area (Å²) in [4.78, 5) is 10.8. The van der Waals surface area contributed by atoms with E-state index < -0.39 is 0 Å². The highest BCUT2D eigenvalue weighted by atomic mass is 79.9. The lowest BCUT2D eigenvalue weighted by molar-refractivity contribution is 0.202. The van der Waals surface area contributed by atoms with Gasteiger partial charge in [-0.2, -0.15) is 4.98 Å². The fraction of sp³-hybridized carbons (Fsp3) is 0.636. The molecule has 0 aromatic carbocycles. The Morgan fingerprint density at radius 2 is 2.24 bits per heavy atom. The smallest absolute Gasteiger partial charge is 0.232 e. The van der Waals surface area contributed by atoms with Crippen LogP contribution in [0.1, 0.15) is 12.8 Å². The van der Waals surface area contributed by atoms with E-state index in [0.717, 1.165) is 30.4 Å². The van der Waals surface area contributed by atoms with E-state index in [4.69, 9.17) is 9.84 Å². The van der Waals surface area contributed by atoms with Crippen LogP contribution in [-0.2, 0) is 0 Å². The van der Waals surface area contributed by atoms with Gasteiger partial charge in [-0.3, -0.25) is 0 Å². The SMILES string of the molecule is COc1nc(N2CCC(CO)CC2)ncc1Br. The Labute approximate surface area is 109 Å². The molecule has 0 amide bonds. The first-order chi connectivity index (χ1) is 8.24. The highest BCUT2D eigenvalue weighted by Gasteiger charge is 2.21. The van der Waals surface area contributed by atoms with Gasteiger partial charge < -0.3 is 14.7 Å². The van der Waals surface area contributed by atoms with Crippen molar-refractivity contribution < 1.29 is 9.84 Å². The molecule has 94 valence electrons. The van der Waals surface area contributed by atoms with Crippen LogP contribution >= 0.6 is 15.9 Å². The van der Waals surface area contributed by atoms with Gasteiger partial charge in [0.15, 0.2) is 0 Å². The predicted molar refractivity (Wildman–Crippen MR) is 68.3 cm³/mol. The number of aromatic nitrogens is 2. The number of anilines is 1. The van der Waals surface area contributed by atoms with Gasteiger partial charge in [0.2, 0.25) is 11.8 Å². The minimum atomic E-state index is 0.276. The summed E-state index contributed by atoms with van der Waals surface area (Å²) in [6.07, 6.45) is 3.68. The van der Waals surface area contributed by atoms with Crippen molar-refractivity contribution in [1.82, 2.24) is 9.97 Å². The molecule has 0 aliphatic carbocycles. The van der Waals surface area contributed by atoms with Crippen LogP contribution in [0.2, 0.25) is 0 Å². The maximum Gasteiger partial charge on any atom is 0.232 e. The maximum atomic E-state index is 9.09. The minimum Gasteiger partial charge on any atom is -0.480 e. The third kappa shape index (κ3) is 2.87. The van der Waals surface area contributed by atoms with Gasteiger partial charge in [-0.1, -0.05) is 0 Å². The molecule has 0 spiro atoms. The molecule has 0 saturated carbocycles. The molecule has 0 radical (unpaired) electrons. The zero-order valence-electron chi connectivity index (χ0n) is 9.77. The van der Waals surface area contributed by atoms with Gasteiger partial charge in [-0.15, -0.1) is 0 Å². The van der Waals surface area contributed by atoms with Crippen LogP contribution < -0.4 is 9.64 Å². The van der Waals surface area contributed by atoms with Crippen LogP contribution in [0, 0.1) is 5.92 Å². The Balaban J connectivity index is 2.08. The number of methoxy groups -OCH3 is 1. The molecule has 17 heavy (non-hydrogen) atoms. The molecule has 1 saturated heterocycles. The second-order valence-corrected chi connectivity index (χ2v) is 4.99. The van der Waals surface area contributed by atoms with Gasteiger partial charge in [-0.05, 0) is 34.7 Å². The molecule has 0 unspecified atom stereocenters. The quantitative estimate of drug-likeness (QED) is 0.916. The van der Waals surface area contributed by atoms with E-state index in [2.05, 4.69) is 30.8 Å². The van der Waals surface area contributed by atoms with Gasteiger partial charge in [0.25, 0.3) is 0 Å². The molecular weight excluding hydrogens is 286 g/mol. The summed E-state index contributed by atoms with van der Waals surface area (Å²) in [6.45, 7) is 2.05. The first kappa shape index (κ1) is 12.6. The van der Waals surface area contributed by atoms with Gasteiger partial charge >= 0.3 is 0 Å². The van der Waals surface area contributed by atoms with E-state index in [0.29, 0.717) is 17.7 Å². The van der Waals surface area contributed by atoms with Crippen molar-refractivity contribution in [2.75, 3.05) is 31.7 Å². The van der Waals surface area contributed by atoms with E-state index in [1.54, 1.807) is 13.3 Å². The summed E-state index contributed by atoms with van der Waals surface area (Å²) in [6, 6.07) is 0. The third-order valence-corrected chi connectivity index (χ3v) is 3.59. The largest absolute Gasteiger partial charge is 0.480 e. The normalized spacial score (nSPS) is 17.2. The Morgan fingerprint density at radius 1 is 1.53 bits per heavy atom. The third-order valence-electron chi connectivity index (χ3n) is 3.05. The summed E-state index contributed by atoms with van der Waals surface area (Å²) >= 11 is 3.33. The number of rotatable bonds is 3. The van der Waals surface area contributed by atoms with Crippen molar-refractivity contribution in [3.05, 3.63) is 10.7 Å². The molecule has 1 aromatic rings. The van der Waals surface area contributed by atoms with Crippen molar-refractivity contribution in [1.29, 1.82) is 0 Å². The molecule has 1 N–H and O–H groups in total. The van der Waals surface area contributed by atoms with Crippen LogP contribution in [0.5, 0.6) is 5.88 Å². The Bertz CT molecular complexity index is 381. The molecule has 1 aliphatic heterocycles. The lowest BCUT2D eigenvalue weighted by Crippen LogP contribution is -2.35. The Hall–Kier alpha value is -0.880. The van der Waals surface area contributed by atoms with E-state index >= 15 is 0 Å². The maximum absolute atomic E-state index is 9.09. The number of hydrogen-bond acceptors (Lipinski definition) is 5. The first-order valence-electron chi connectivity index (χ1n) is 5.67. The number of aliphatic hydroxyl groups is 1. The lowest BCUT2D eigenvalue weighted by Gasteiger charge is -2.31. The van der Waals surface area contributed by atoms with Crippen molar-refractivity contribution in [3.8, 4) is 5.88 Å². The fourth-order valence-corrected chi connectivity index (χ4v) is 2.31. The van der Waals surface area contributed by atoms with Gasteiger partial charge in [0.05, 0.1) is 17.8 Å². The van der Waals surface area contributed by atoms with Crippen molar-refractivity contribution >= 4 is 21.9 Å². The zero-order valence-corrected chi connectivity index (χ0v) is 11.4. The first-order valence-corrected chi connectivity index (χ1v) is 6.46. The average Bonchev–Trinajstić information content (AvgIpc) is 2.39. The van der Waals surface area contributed by atoms with Crippen LogP contribution in [0.25, 0.3) is 0 Å². The van der Waals surface area contributed by atoms with Crippen molar-refractivity contribution in [2.24, 2.45) is 5.92 Å². The predicted octanol–water partition coefficient (Wildman–Crippen LogP) is 1.46. The second kappa shape index (κ2) is 5.64. The number of hydrogen-bond donors (Lipinski definition) is 1. The number of halogens is 1. The standard InChI is InChI=1S/C11H16BrN3O2/c1-17-10-9(12)6-13-11(14-10)15-4-2-8(7-16)3-5-15/h6,8,16H,2-5,7H2,1H3. The number of ether oxygens (including phenoxy) is 1. The van der Waals surface area contributed by atoms with Crippen LogP contribution in [0.3, 0.4) is 0 Å². The van der Waals surface area contributed by atoms with E-state index in [1.807, 2.05) is 0 Å². The molecule has 1 aliphatic rings. The summed E-state index contributed by atoms with van der Waals surface area (Å²) < 4.78 is 5.91. The second-order valence-electron chi connectivity index (χ2n) is 4.14. The van der Waals surface area contributed by atoms with Gasteiger partial charge in [0.1, 0.15) is 0 Å². The van der Waals surface area contributed by atoms with Crippen LogP contribution in [0.4, 0.5) is 5.95 Å². The van der Waals surface area contributed by atoms with Crippen LogP contribution in [0.15, 0.2) is 10.7 Å². The summed E-state index contributed by atoms with van der Waals surface area (Å²) in [5, 5.41) is 9.09. The van der Waals surface area contributed by atoms with Gasteiger partial charge in [0, 0.05) is 19.7 Å². The molecule has 1 aromatic heterocycles. The summed E-state index contributed by atoms with van der Waals surface area (Å²) in [7, 11) is 1.59. The molecule has 6 heteroatoms. The Morgan fingerprint density at radius 3 is 2.82 bits per heavy atom. The molecule has 0 bridgehead atoms. The van der Waals surface area contributed by atoms with Crippen LogP contribution in [-0.4, -0.2) is 41.9 Å². The number of piperidine rings is 1. The van der Waals surface area contributed by atoms with Gasteiger partial charge in [-0.25, -0.2) is 4.98 Å². The topological polar surface area (TPSA) is 58.5 Å². The molecular formula is C11H16BrN3O2. The molecule has 5 nitrogen and oxygen atoms in total. The molecule has 0 atom stereocenters. The molecule has 2 rings (SSSR count). The minimum absolute atomic E-state index is 0.276. The highest BCUT2D eigenvalue weighted by Crippen LogP contribution is 2.25. The molecule has 1 fully saturated rings. The summed E-state index contributed by atoms with van der Waals surface area (Å²) in [5.74, 6) is 1.67.